The number of aromatic nitrogens is 1. The summed E-state index contributed by atoms with van der Waals surface area (Å²) in [6, 6.07) is 6.81. The van der Waals surface area contributed by atoms with Crippen LogP contribution in [0.3, 0.4) is 0 Å². The van der Waals surface area contributed by atoms with Gasteiger partial charge in [0.05, 0.1) is 6.10 Å². The zero-order valence-electron chi connectivity index (χ0n) is 12.5. The molecule has 2 fully saturated rings. The predicted molar refractivity (Wildman–Crippen MR) is 82.7 cm³/mol. The van der Waals surface area contributed by atoms with Gasteiger partial charge in [-0.25, -0.2) is 4.98 Å². The van der Waals surface area contributed by atoms with Gasteiger partial charge in [0, 0.05) is 24.8 Å². The number of nitrogens with one attached hydrogen (secondary N) is 1. The lowest BCUT2D eigenvalue weighted by Crippen LogP contribution is -2.29. The summed E-state index contributed by atoms with van der Waals surface area (Å²) < 4.78 is 11.2. The van der Waals surface area contributed by atoms with Crippen molar-refractivity contribution in [1.29, 1.82) is 0 Å². The average molecular weight is 286 g/mol. The van der Waals surface area contributed by atoms with E-state index in [1.165, 1.54) is 25.7 Å². The Morgan fingerprint density at radius 2 is 1.95 bits per heavy atom. The van der Waals surface area contributed by atoms with Crippen molar-refractivity contribution >= 4 is 16.8 Å². The van der Waals surface area contributed by atoms with Crippen LogP contribution < -0.4 is 5.32 Å². The van der Waals surface area contributed by atoms with Gasteiger partial charge in [-0.3, -0.25) is 0 Å². The molecule has 0 amide bonds. The summed E-state index contributed by atoms with van der Waals surface area (Å²) in [7, 11) is 1.81. The number of fused-ring (bicyclic) bond motifs is 1. The van der Waals surface area contributed by atoms with Crippen molar-refractivity contribution in [1.82, 2.24) is 4.98 Å². The minimum atomic E-state index is 0.446. The van der Waals surface area contributed by atoms with E-state index < -0.39 is 0 Å². The average Bonchev–Trinajstić information content (AvgIpc) is 3.28. The first-order chi connectivity index (χ1) is 10.3. The summed E-state index contributed by atoms with van der Waals surface area (Å²) in [6.07, 6.45) is 7.52. The molecular weight excluding hydrogens is 264 g/mol. The molecular formula is C17H22N2O2. The number of rotatable bonds is 4. The van der Waals surface area contributed by atoms with Crippen LogP contribution in [-0.2, 0) is 4.74 Å². The van der Waals surface area contributed by atoms with Crippen molar-refractivity contribution in [2.75, 3.05) is 12.4 Å². The first-order valence-electron chi connectivity index (χ1n) is 8.01. The molecule has 4 rings (SSSR count). The molecule has 2 aliphatic carbocycles. The fourth-order valence-corrected chi connectivity index (χ4v) is 3.22. The third-order valence-electron chi connectivity index (χ3n) is 4.71. The Kier molecular flexibility index (Phi) is 3.34. The molecule has 0 atom stereocenters. The van der Waals surface area contributed by atoms with Crippen molar-refractivity contribution in [3.63, 3.8) is 0 Å². The van der Waals surface area contributed by atoms with Gasteiger partial charge in [0.2, 0.25) is 0 Å². The summed E-state index contributed by atoms with van der Waals surface area (Å²) in [5.74, 6) is 1.49. The number of hydrogen-bond donors (Lipinski definition) is 1. The molecule has 0 saturated heterocycles. The van der Waals surface area contributed by atoms with Crippen LogP contribution in [0.2, 0.25) is 0 Å². The molecule has 1 heterocycles. The third kappa shape index (κ3) is 2.77. The number of hydrogen-bond acceptors (Lipinski definition) is 4. The van der Waals surface area contributed by atoms with E-state index in [1.807, 2.05) is 13.2 Å². The number of anilines is 1. The minimum absolute atomic E-state index is 0.446. The molecule has 4 heteroatoms. The lowest BCUT2D eigenvalue weighted by molar-refractivity contribution is 0.0682. The number of ether oxygens (including phenoxy) is 1. The van der Waals surface area contributed by atoms with Crippen LogP contribution >= 0.6 is 0 Å². The SMILES string of the molecule is COC1CCC(Nc2ccc3oc(C4CC4)nc3c2)CC1. The third-order valence-corrected chi connectivity index (χ3v) is 4.71. The van der Waals surface area contributed by atoms with Crippen LogP contribution in [0, 0.1) is 0 Å². The van der Waals surface area contributed by atoms with Gasteiger partial charge in [0.15, 0.2) is 11.5 Å². The van der Waals surface area contributed by atoms with E-state index in [9.17, 15) is 0 Å². The summed E-state index contributed by atoms with van der Waals surface area (Å²) >= 11 is 0. The molecule has 112 valence electrons. The Bertz CT molecular complexity index is 625. The van der Waals surface area contributed by atoms with Crippen LogP contribution in [0.1, 0.15) is 50.3 Å². The second-order valence-corrected chi connectivity index (χ2v) is 6.36. The Balaban J connectivity index is 1.46. The van der Waals surface area contributed by atoms with Crippen LogP contribution in [-0.4, -0.2) is 24.2 Å². The summed E-state index contributed by atoms with van der Waals surface area (Å²) in [5, 5.41) is 3.63. The molecule has 2 aromatic rings. The second-order valence-electron chi connectivity index (χ2n) is 6.36. The predicted octanol–water partition coefficient (Wildman–Crippen LogP) is 4.07. The smallest absolute Gasteiger partial charge is 0.198 e. The fourth-order valence-electron chi connectivity index (χ4n) is 3.22. The summed E-state index contributed by atoms with van der Waals surface area (Å²) in [6.45, 7) is 0. The van der Waals surface area contributed by atoms with Gasteiger partial charge < -0.3 is 14.5 Å². The monoisotopic (exact) mass is 286 g/mol. The van der Waals surface area contributed by atoms with E-state index >= 15 is 0 Å². The Labute approximate surface area is 124 Å². The normalized spacial score (nSPS) is 26.1. The van der Waals surface area contributed by atoms with Crippen LogP contribution in [0.15, 0.2) is 22.6 Å². The Morgan fingerprint density at radius 3 is 2.67 bits per heavy atom. The highest BCUT2D eigenvalue weighted by Gasteiger charge is 2.29. The van der Waals surface area contributed by atoms with Gasteiger partial charge in [-0.1, -0.05) is 0 Å². The van der Waals surface area contributed by atoms with Crippen molar-refractivity contribution in [3.8, 4) is 0 Å². The van der Waals surface area contributed by atoms with Crippen molar-refractivity contribution in [2.45, 2.75) is 56.6 Å². The van der Waals surface area contributed by atoms with Crippen molar-refractivity contribution in [3.05, 3.63) is 24.1 Å². The van der Waals surface area contributed by atoms with E-state index in [4.69, 9.17) is 9.15 Å². The van der Waals surface area contributed by atoms with Gasteiger partial charge in [0.1, 0.15) is 5.52 Å². The van der Waals surface area contributed by atoms with Gasteiger partial charge in [-0.15, -0.1) is 0 Å². The van der Waals surface area contributed by atoms with E-state index in [0.717, 1.165) is 35.5 Å². The largest absolute Gasteiger partial charge is 0.440 e. The maximum absolute atomic E-state index is 5.81. The molecule has 0 spiro atoms. The Hall–Kier alpha value is -1.55. The van der Waals surface area contributed by atoms with E-state index in [2.05, 4.69) is 22.4 Å². The molecule has 0 aliphatic heterocycles. The zero-order chi connectivity index (χ0) is 14.2. The summed E-state index contributed by atoms with van der Waals surface area (Å²) in [5.41, 5.74) is 3.04. The summed E-state index contributed by atoms with van der Waals surface area (Å²) in [4.78, 5) is 4.63. The molecule has 1 aromatic heterocycles. The molecule has 4 nitrogen and oxygen atoms in total. The van der Waals surface area contributed by atoms with E-state index in [0.29, 0.717) is 18.1 Å². The Morgan fingerprint density at radius 1 is 1.14 bits per heavy atom. The van der Waals surface area contributed by atoms with Gasteiger partial charge in [-0.2, -0.15) is 0 Å². The van der Waals surface area contributed by atoms with Crippen LogP contribution in [0.4, 0.5) is 5.69 Å². The van der Waals surface area contributed by atoms with Gasteiger partial charge in [0.25, 0.3) is 0 Å². The maximum atomic E-state index is 5.81. The minimum Gasteiger partial charge on any atom is -0.440 e. The lowest BCUT2D eigenvalue weighted by Gasteiger charge is -2.28. The van der Waals surface area contributed by atoms with Crippen molar-refractivity contribution < 1.29 is 9.15 Å². The van der Waals surface area contributed by atoms with E-state index in [-0.39, 0.29) is 0 Å². The fraction of sp³-hybridized carbons (Fsp3) is 0.588. The molecule has 1 aromatic carbocycles. The number of benzene rings is 1. The highest BCUT2D eigenvalue weighted by molar-refractivity contribution is 5.77. The molecule has 0 unspecified atom stereocenters. The lowest BCUT2D eigenvalue weighted by atomic mass is 9.93. The molecule has 0 radical (unpaired) electrons. The van der Waals surface area contributed by atoms with Crippen molar-refractivity contribution in [2.24, 2.45) is 0 Å². The zero-order valence-corrected chi connectivity index (χ0v) is 12.5. The molecule has 0 bridgehead atoms. The second kappa shape index (κ2) is 5.34. The number of nitrogens with zero attached hydrogens (tertiary/aromatic N) is 1. The molecule has 2 saturated carbocycles. The van der Waals surface area contributed by atoms with E-state index in [1.54, 1.807) is 0 Å². The number of oxazole rings is 1. The first-order valence-corrected chi connectivity index (χ1v) is 8.01. The molecule has 1 N–H and O–H groups in total. The standard InChI is InChI=1S/C17H22N2O2/c1-20-14-7-4-12(5-8-14)18-13-6-9-16-15(10-13)19-17(21-16)11-2-3-11/h6,9-12,14,18H,2-5,7-8H2,1H3. The number of methoxy groups -OCH3 is 1. The molecule has 21 heavy (non-hydrogen) atoms. The van der Waals surface area contributed by atoms with Crippen LogP contribution in [0.25, 0.3) is 11.1 Å². The first kappa shape index (κ1) is 13.1. The van der Waals surface area contributed by atoms with Crippen LogP contribution in [0.5, 0.6) is 0 Å². The van der Waals surface area contributed by atoms with Gasteiger partial charge in [-0.05, 0) is 56.7 Å². The highest BCUT2D eigenvalue weighted by atomic mass is 16.5. The quantitative estimate of drug-likeness (QED) is 0.920. The highest BCUT2D eigenvalue weighted by Crippen LogP contribution is 2.40. The maximum Gasteiger partial charge on any atom is 0.198 e. The van der Waals surface area contributed by atoms with Gasteiger partial charge >= 0.3 is 0 Å². The molecule has 2 aliphatic rings. The topological polar surface area (TPSA) is 47.3 Å².